The Balaban J connectivity index is 1.75. The second-order valence-electron chi connectivity index (χ2n) is 4.09. The second kappa shape index (κ2) is 6.20. The van der Waals surface area contributed by atoms with E-state index in [2.05, 4.69) is 15.5 Å². The smallest absolute Gasteiger partial charge is 0.313 e. The average Bonchev–Trinajstić information content (AvgIpc) is 2.95. The van der Waals surface area contributed by atoms with Crippen LogP contribution in [0.4, 0.5) is 5.13 Å². The van der Waals surface area contributed by atoms with Crippen molar-refractivity contribution in [1.29, 1.82) is 0 Å². The molecule has 94 valence electrons. The normalized spacial score (nSPS) is 16.2. The van der Waals surface area contributed by atoms with E-state index in [1.165, 1.54) is 48.8 Å². The van der Waals surface area contributed by atoms with E-state index in [-0.39, 0.29) is 5.75 Å². The maximum atomic E-state index is 10.4. The highest BCUT2D eigenvalue weighted by molar-refractivity contribution is 8.01. The first kappa shape index (κ1) is 12.6. The summed E-state index contributed by atoms with van der Waals surface area (Å²) in [7, 11) is 0. The fourth-order valence-electron chi connectivity index (χ4n) is 1.91. The van der Waals surface area contributed by atoms with Gasteiger partial charge in [-0.15, -0.1) is 10.2 Å². The van der Waals surface area contributed by atoms with Gasteiger partial charge in [-0.05, 0) is 18.8 Å². The Kier molecular flexibility index (Phi) is 4.61. The molecule has 0 bridgehead atoms. The summed E-state index contributed by atoms with van der Waals surface area (Å²) in [6.45, 7) is 0.957. The number of aliphatic carboxylic acids is 1. The SMILES string of the molecule is O=C(O)CSc1nnc(NCC2CCCC2)s1. The summed E-state index contributed by atoms with van der Waals surface area (Å²) < 4.78 is 0.710. The first-order valence-electron chi connectivity index (χ1n) is 5.66. The van der Waals surface area contributed by atoms with Crippen molar-refractivity contribution in [3.8, 4) is 0 Å². The lowest BCUT2D eigenvalue weighted by atomic mass is 10.1. The van der Waals surface area contributed by atoms with E-state index < -0.39 is 5.97 Å². The molecular formula is C10H15N3O2S2. The largest absolute Gasteiger partial charge is 0.481 e. The molecule has 1 aliphatic rings. The molecule has 1 aromatic rings. The second-order valence-corrected chi connectivity index (χ2v) is 6.29. The van der Waals surface area contributed by atoms with E-state index in [1.54, 1.807) is 0 Å². The molecule has 7 heteroatoms. The molecule has 0 radical (unpaired) electrons. The van der Waals surface area contributed by atoms with Gasteiger partial charge in [-0.3, -0.25) is 4.79 Å². The van der Waals surface area contributed by atoms with Crippen LogP contribution in [0.25, 0.3) is 0 Å². The van der Waals surface area contributed by atoms with Gasteiger partial charge in [-0.1, -0.05) is 35.9 Å². The molecule has 0 aromatic carbocycles. The van der Waals surface area contributed by atoms with Gasteiger partial charge in [0.05, 0.1) is 5.75 Å². The molecule has 0 aliphatic heterocycles. The number of thioether (sulfide) groups is 1. The third kappa shape index (κ3) is 4.16. The van der Waals surface area contributed by atoms with Crippen LogP contribution in [0.15, 0.2) is 4.34 Å². The van der Waals surface area contributed by atoms with E-state index in [4.69, 9.17) is 5.11 Å². The standard InChI is InChI=1S/C10H15N3O2S2/c14-8(15)6-16-10-13-12-9(17-10)11-5-7-3-1-2-4-7/h7H,1-6H2,(H,11,12)(H,14,15). The molecule has 1 fully saturated rings. The molecule has 0 atom stereocenters. The minimum Gasteiger partial charge on any atom is -0.481 e. The van der Waals surface area contributed by atoms with Crippen LogP contribution in [0.3, 0.4) is 0 Å². The summed E-state index contributed by atoms with van der Waals surface area (Å²) in [5.41, 5.74) is 0. The van der Waals surface area contributed by atoms with Crippen molar-refractivity contribution in [3.63, 3.8) is 0 Å². The Labute approximate surface area is 108 Å². The number of aromatic nitrogens is 2. The maximum absolute atomic E-state index is 10.4. The molecule has 1 heterocycles. The molecular weight excluding hydrogens is 258 g/mol. The Bertz CT molecular complexity index is 377. The molecule has 1 saturated carbocycles. The van der Waals surface area contributed by atoms with Crippen molar-refractivity contribution >= 4 is 34.2 Å². The van der Waals surface area contributed by atoms with Gasteiger partial charge in [0.1, 0.15) is 0 Å². The summed E-state index contributed by atoms with van der Waals surface area (Å²) in [6.07, 6.45) is 5.27. The molecule has 0 amide bonds. The lowest BCUT2D eigenvalue weighted by molar-refractivity contribution is -0.133. The van der Waals surface area contributed by atoms with Gasteiger partial charge in [0.15, 0.2) is 4.34 Å². The van der Waals surface area contributed by atoms with E-state index in [0.717, 1.165) is 17.6 Å². The van der Waals surface area contributed by atoms with Gasteiger partial charge in [0.25, 0.3) is 0 Å². The van der Waals surface area contributed by atoms with Crippen LogP contribution in [0.2, 0.25) is 0 Å². The Morgan fingerprint density at radius 2 is 2.24 bits per heavy atom. The van der Waals surface area contributed by atoms with Gasteiger partial charge in [0.2, 0.25) is 5.13 Å². The van der Waals surface area contributed by atoms with Crippen LogP contribution in [0, 0.1) is 5.92 Å². The van der Waals surface area contributed by atoms with Crippen molar-refractivity contribution in [2.45, 2.75) is 30.0 Å². The number of hydrogen-bond acceptors (Lipinski definition) is 6. The van der Waals surface area contributed by atoms with Gasteiger partial charge in [0, 0.05) is 6.54 Å². The number of carboxylic acids is 1. The van der Waals surface area contributed by atoms with Crippen molar-refractivity contribution in [2.75, 3.05) is 17.6 Å². The minimum absolute atomic E-state index is 0.0389. The number of rotatable bonds is 6. The third-order valence-electron chi connectivity index (χ3n) is 2.74. The van der Waals surface area contributed by atoms with E-state index in [9.17, 15) is 4.79 Å². The monoisotopic (exact) mass is 273 g/mol. The molecule has 2 rings (SSSR count). The zero-order valence-electron chi connectivity index (χ0n) is 9.39. The predicted octanol–water partition coefficient (Wildman–Crippen LogP) is 2.32. The zero-order valence-corrected chi connectivity index (χ0v) is 11.0. The zero-order chi connectivity index (χ0) is 12.1. The van der Waals surface area contributed by atoms with Crippen LogP contribution in [0.5, 0.6) is 0 Å². The highest BCUT2D eigenvalue weighted by Gasteiger charge is 2.15. The molecule has 2 N–H and O–H groups in total. The first-order chi connectivity index (χ1) is 8.24. The highest BCUT2D eigenvalue weighted by atomic mass is 32.2. The number of carbonyl (C=O) groups is 1. The van der Waals surface area contributed by atoms with Gasteiger partial charge in [-0.25, -0.2) is 0 Å². The van der Waals surface area contributed by atoms with Crippen molar-refractivity contribution in [1.82, 2.24) is 10.2 Å². The van der Waals surface area contributed by atoms with Crippen LogP contribution in [0.1, 0.15) is 25.7 Å². The van der Waals surface area contributed by atoms with Gasteiger partial charge >= 0.3 is 5.97 Å². The van der Waals surface area contributed by atoms with Crippen LogP contribution in [-0.2, 0) is 4.79 Å². The predicted molar refractivity (Wildman–Crippen MR) is 68.7 cm³/mol. The number of nitrogens with one attached hydrogen (secondary N) is 1. The molecule has 17 heavy (non-hydrogen) atoms. The molecule has 1 aromatic heterocycles. The Hall–Kier alpha value is -0.820. The molecule has 5 nitrogen and oxygen atoms in total. The van der Waals surface area contributed by atoms with Crippen LogP contribution >= 0.6 is 23.1 Å². The molecule has 0 saturated heterocycles. The third-order valence-corrected chi connectivity index (χ3v) is 4.74. The van der Waals surface area contributed by atoms with E-state index in [0.29, 0.717) is 4.34 Å². The molecule has 0 spiro atoms. The summed E-state index contributed by atoms with van der Waals surface area (Å²) in [5.74, 6) is -0.0308. The van der Waals surface area contributed by atoms with E-state index >= 15 is 0 Å². The lowest BCUT2D eigenvalue weighted by Gasteiger charge is -2.08. The Morgan fingerprint density at radius 1 is 1.47 bits per heavy atom. The lowest BCUT2D eigenvalue weighted by Crippen LogP contribution is -2.10. The number of hydrogen-bond donors (Lipinski definition) is 2. The topological polar surface area (TPSA) is 75.1 Å². The van der Waals surface area contributed by atoms with Gasteiger partial charge < -0.3 is 10.4 Å². The quantitative estimate of drug-likeness (QED) is 0.775. The van der Waals surface area contributed by atoms with Crippen LogP contribution in [-0.4, -0.2) is 33.6 Å². The van der Waals surface area contributed by atoms with E-state index in [1.807, 2.05) is 0 Å². The average molecular weight is 273 g/mol. The molecule has 1 aliphatic carbocycles. The number of nitrogens with zero attached hydrogens (tertiary/aromatic N) is 2. The fourth-order valence-corrected chi connectivity index (χ4v) is 3.39. The van der Waals surface area contributed by atoms with Gasteiger partial charge in [-0.2, -0.15) is 0 Å². The summed E-state index contributed by atoms with van der Waals surface area (Å²) in [5, 5.41) is 20.6. The highest BCUT2D eigenvalue weighted by Crippen LogP contribution is 2.28. The van der Waals surface area contributed by atoms with Crippen LogP contribution < -0.4 is 5.32 Å². The Morgan fingerprint density at radius 3 is 2.94 bits per heavy atom. The minimum atomic E-state index is -0.828. The van der Waals surface area contributed by atoms with Crippen molar-refractivity contribution in [2.24, 2.45) is 5.92 Å². The number of carboxylic acid groups (broad SMARTS) is 1. The summed E-state index contributed by atoms with van der Waals surface area (Å²) in [4.78, 5) is 10.4. The van der Waals surface area contributed by atoms with Crippen molar-refractivity contribution in [3.05, 3.63) is 0 Å². The first-order valence-corrected chi connectivity index (χ1v) is 7.46. The van der Waals surface area contributed by atoms with Crippen molar-refractivity contribution < 1.29 is 9.90 Å². The number of anilines is 1. The summed E-state index contributed by atoms with van der Waals surface area (Å²) >= 11 is 2.64. The maximum Gasteiger partial charge on any atom is 0.313 e. The summed E-state index contributed by atoms with van der Waals surface area (Å²) in [6, 6.07) is 0. The fraction of sp³-hybridized carbons (Fsp3) is 0.700. The molecule has 0 unspecified atom stereocenters.